The van der Waals surface area contributed by atoms with E-state index in [1.165, 1.54) is 24.7 Å². The van der Waals surface area contributed by atoms with Gasteiger partial charge in [-0.2, -0.15) is 4.31 Å². The Kier molecular flexibility index (Phi) is 6.89. The van der Waals surface area contributed by atoms with E-state index in [0.717, 1.165) is 10.7 Å². The van der Waals surface area contributed by atoms with Crippen molar-refractivity contribution in [2.45, 2.75) is 18.2 Å². The molecule has 30 heavy (non-hydrogen) atoms. The number of hydrogen-bond donors (Lipinski definition) is 0. The molecule has 1 fully saturated rings. The number of benzene rings is 2. The summed E-state index contributed by atoms with van der Waals surface area (Å²) in [6.07, 6.45) is 0.920. The van der Waals surface area contributed by atoms with Crippen LogP contribution in [0.5, 0.6) is 0 Å². The largest absolute Gasteiger partial charge is 0.338 e. The number of nitrogens with zero attached hydrogens (tertiary/aromatic N) is 3. The number of carbonyl (C=O) groups is 2. The molecule has 0 bridgehead atoms. The monoisotopic (exact) mass is 429 g/mol. The first-order valence-corrected chi connectivity index (χ1v) is 11.4. The smallest absolute Gasteiger partial charge is 0.253 e. The Morgan fingerprint density at radius 1 is 0.900 bits per heavy atom. The lowest BCUT2D eigenvalue weighted by Crippen LogP contribution is -2.52. The van der Waals surface area contributed by atoms with Gasteiger partial charge in [0.2, 0.25) is 15.9 Å². The Labute approximate surface area is 177 Å². The van der Waals surface area contributed by atoms with Gasteiger partial charge in [-0.3, -0.25) is 9.59 Å². The van der Waals surface area contributed by atoms with E-state index in [4.69, 9.17) is 0 Å². The molecule has 2 aromatic rings. The van der Waals surface area contributed by atoms with E-state index in [2.05, 4.69) is 6.92 Å². The molecule has 0 aromatic heterocycles. The average Bonchev–Trinajstić information content (AvgIpc) is 2.79. The Morgan fingerprint density at radius 2 is 1.47 bits per heavy atom. The molecule has 0 unspecified atom stereocenters. The van der Waals surface area contributed by atoms with Crippen LogP contribution in [-0.4, -0.2) is 74.1 Å². The molecule has 0 spiro atoms. The van der Waals surface area contributed by atoms with E-state index in [1.807, 2.05) is 24.3 Å². The minimum atomic E-state index is -3.72. The van der Waals surface area contributed by atoms with Gasteiger partial charge in [0.25, 0.3) is 5.91 Å². The fourth-order valence-corrected chi connectivity index (χ4v) is 4.51. The quantitative estimate of drug-likeness (QED) is 0.702. The Balaban J connectivity index is 1.55. The van der Waals surface area contributed by atoms with Crippen LogP contribution in [0.2, 0.25) is 0 Å². The molecule has 0 atom stereocenters. The first-order chi connectivity index (χ1) is 14.3. The van der Waals surface area contributed by atoms with Crippen molar-refractivity contribution in [2.75, 3.05) is 39.8 Å². The maximum absolute atomic E-state index is 12.7. The molecule has 2 aromatic carbocycles. The SMILES string of the molecule is CCc1ccc(C(=O)N2CCN(C(=O)CN(C)S(=O)(=O)c3ccccc3)CC2)cc1. The van der Waals surface area contributed by atoms with Crippen LogP contribution < -0.4 is 0 Å². The van der Waals surface area contributed by atoms with Crippen LogP contribution in [0.4, 0.5) is 0 Å². The molecule has 3 rings (SSSR count). The van der Waals surface area contributed by atoms with Crippen molar-refractivity contribution in [1.29, 1.82) is 0 Å². The van der Waals surface area contributed by atoms with Gasteiger partial charge >= 0.3 is 0 Å². The van der Waals surface area contributed by atoms with E-state index >= 15 is 0 Å². The second kappa shape index (κ2) is 9.40. The summed E-state index contributed by atoms with van der Waals surface area (Å²) in [5.74, 6) is -0.315. The van der Waals surface area contributed by atoms with Gasteiger partial charge < -0.3 is 9.80 Å². The van der Waals surface area contributed by atoms with Crippen molar-refractivity contribution in [3.63, 3.8) is 0 Å². The van der Waals surface area contributed by atoms with Crippen molar-refractivity contribution >= 4 is 21.8 Å². The first kappa shape index (κ1) is 22.0. The third-order valence-corrected chi connectivity index (χ3v) is 7.16. The van der Waals surface area contributed by atoms with Gasteiger partial charge in [-0.1, -0.05) is 37.3 Å². The molecule has 1 aliphatic heterocycles. The third kappa shape index (κ3) is 4.88. The fraction of sp³-hybridized carbons (Fsp3) is 0.364. The van der Waals surface area contributed by atoms with Gasteiger partial charge in [-0.15, -0.1) is 0 Å². The molecule has 2 amide bonds. The summed E-state index contributed by atoms with van der Waals surface area (Å²) in [5, 5.41) is 0. The summed E-state index contributed by atoms with van der Waals surface area (Å²) in [6.45, 7) is 3.46. The zero-order valence-electron chi connectivity index (χ0n) is 17.3. The summed E-state index contributed by atoms with van der Waals surface area (Å²) in [7, 11) is -2.31. The number of aryl methyl sites for hydroxylation is 1. The highest BCUT2D eigenvalue weighted by atomic mass is 32.2. The number of sulfonamides is 1. The molecule has 1 aliphatic rings. The highest BCUT2D eigenvalue weighted by Gasteiger charge is 2.28. The molecule has 1 saturated heterocycles. The maximum atomic E-state index is 12.7. The number of rotatable bonds is 6. The van der Waals surface area contributed by atoms with Crippen molar-refractivity contribution in [3.05, 3.63) is 65.7 Å². The topological polar surface area (TPSA) is 78.0 Å². The predicted octanol–water partition coefficient (Wildman–Crippen LogP) is 1.85. The van der Waals surface area contributed by atoms with Crippen LogP contribution in [0, 0.1) is 0 Å². The van der Waals surface area contributed by atoms with Crippen molar-refractivity contribution < 1.29 is 18.0 Å². The van der Waals surface area contributed by atoms with Crippen LogP contribution in [0.15, 0.2) is 59.5 Å². The summed E-state index contributed by atoms with van der Waals surface area (Å²) in [4.78, 5) is 28.8. The highest BCUT2D eigenvalue weighted by Crippen LogP contribution is 2.15. The van der Waals surface area contributed by atoms with E-state index in [-0.39, 0.29) is 23.3 Å². The average molecular weight is 430 g/mol. The van der Waals surface area contributed by atoms with E-state index in [9.17, 15) is 18.0 Å². The van der Waals surface area contributed by atoms with Gasteiger partial charge in [0, 0.05) is 38.8 Å². The first-order valence-electron chi connectivity index (χ1n) is 10.0. The van der Waals surface area contributed by atoms with Gasteiger partial charge in [0.15, 0.2) is 0 Å². The predicted molar refractivity (Wildman–Crippen MR) is 115 cm³/mol. The third-order valence-electron chi connectivity index (χ3n) is 5.34. The van der Waals surface area contributed by atoms with Crippen LogP contribution >= 0.6 is 0 Å². The molecule has 0 aliphatic carbocycles. The van der Waals surface area contributed by atoms with Crippen LogP contribution in [0.3, 0.4) is 0 Å². The summed E-state index contributed by atoms with van der Waals surface area (Å²) in [6, 6.07) is 15.6. The normalized spacial score (nSPS) is 14.8. The number of piperazine rings is 1. The lowest BCUT2D eigenvalue weighted by atomic mass is 10.1. The van der Waals surface area contributed by atoms with Crippen molar-refractivity contribution in [3.8, 4) is 0 Å². The van der Waals surface area contributed by atoms with Gasteiger partial charge in [-0.25, -0.2) is 8.42 Å². The molecule has 0 radical (unpaired) electrons. The summed E-state index contributed by atoms with van der Waals surface area (Å²) in [5.41, 5.74) is 1.82. The van der Waals surface area contributed by atoms with E-state index in [1.54, 1.807) is 28.0 Å². The number of likely N-dealkylation sites (N-methyl/N-ethyl adjacent to an activating group) is 1. The Bertz CT molecular complexity index is 983. The molecular formula is C22H27N3O4S. The molecule has 8 heteroatoms. The Hall–Kier alpha value is -2.71. The van der Waals surface area contributed by atoms with E-state index < -0.39 is 10.0 Å². The van der Waals surface area contributed by atoms with Crippen molar-refractivity contribution in [2.24, 2.45) is 0 Å². The molecular weight excluding hydrogens is 402 g/mol. The maximum Gasteiger partial charge on any atom is 0.253 e. The zero-order chi connectivity index (χ0) is 21.7. The second-order valence-electron chi connectivity index (χ2n) is 7.30. The van der Waals surface area contributed by atoms with Gasteiger partial charge in [-0.05, 0) is 36.2 Å². The summed E-state index contributed by atoms with van der Waals surface area (Å²) < 4.78 is 26.3. The second-order valence-corrected chi connectivity index (χ2v) is 9.34. The van der Waals surface area contributed by atoms with Crippen LogP contribution in [-0.2, 0) is 21.2 Å². The summed E-state index contributed by atoms with van der Waals surface area (Å²) >= 11 is 0. The zero-order valence-corrected chi connectivity index (χ0v) is 18.1. The Morgan fingerprint density at radius 3 is 2.03 bits per heavy atom. The number of carbonyl (C=O) groups excluding carboxylic acids is 2. The highest BCUT2D eigenvalue weighted by molar-refractivity contribution is 7.89. The van der Waals surface area contributed by atoms with Crippen molar-refractivity contribution in [1.82, 2.24) is 14.1 Å². The fourth-order valence-electron chi connectivity index (χ4n) is 3.37. The number of hydrogen-bond acceptors (Lipinski definition) is 4. The lowest BCUT2D eigenvalue weighted by molar-refractivity contribution is -0.132. The minimum Gasteiger partial charge on any atom is -0.338 e. The van der Waals surface area contributed by atoms with Crippen LogP contribution in [0.25, 0.3) is 0 Å². The molecule has 7 nitrogen and oxygen atoms in total. The molecule has 0 N–H and O–H groups in total. The molecule has 160 valence electrons. The minimum absolute atomic E-state index is 0.0477. The van der Waals surface area contributed by atoms with E-state index in [0.29, 0.717) is 31.7 Å². The van der Waals surface area contributed by atoms with Gasteiger partial charge in [0.05, 0.1) is 11.4 Å². The van der Waals surface area contributed by atoms with Crippen LogP contribution in [0.1, 0.15) is 22.8 Å². The standard InChI is InChI=1S/C22H27N3O4S/c1-3-18-9-11-19(12-10-18)22(27)25-15-13-24(14-16-25)21(26)17-23(2)30(28,29)20-7-5-4-6-8-20/h4-12H,3,13-17H2,1-2H3. The number of amides is 2. The molecule has 1 heterocycles. The molecule has 0 saturated carbocycles. The lowest BCUT2D eigenvalue weighted by Gasteiger charge is -2.35. The van der Waals surface area contributed by atoms with Gasteiger partial charge in [0.1, 0.15) is 0 Å².